The Bertz CT molecular complexity index is 126. The smallest absolute Gasteiger partial charge is 0.0598 e. The first kappa shape index (κ1) is 6.62. The van der Waals surface area contributed by atoms with Crippen molar-refractivity contribution >= 4 is 0 Å². The second-order valence-corrected chi connectivity index (χ2v) is 3.64. The van der Waals surface area contributed by atoms with Gasteiger partial charge < -0.3 is 10.2 Å². The summed E-state index contributed by atoms with van der Waals surface area (Å²) in [6.07, 6.45) is 3.80. The fraction of sp³-hybridized carbons (Fsp3) is 1.00. The molecule has 2 aliphatic rings. The lowest BCUT2D eigenvalue weighted by molar-refractivity contribution is -0.120. The van der Waals surface area contributed by atoms with E-state index >= 15 is 0 Å². The van der Waals surface area contributed by atoms with Gasteiger partial charge in [0.25, 0.3) is 0 Å². The van der Waals surface area contributed by atoms with Gasteiger partial charge >= 0.3 is 0 Å². The van der Waals surface area contributed by atoms with Crippen molar-refractivity contribution in [1.82, 2.24) is 0 Å². The highest BCUT2D eigenvalue weighted by atomic mass is 16.3. The zero-order valence-corrected chi connectivity index (χ0v) is 6.03. The molecule has 2 nitrogen and oxygen atoms in total. The zero-order valence-electron chi connectivity index (χ0n) is 6.03. The van der Waals surface area contributed by atoms with Crippen molar-refractivity contribution in [2.24, 2.45) is 11.8 Å². The minimum Gasteiger partial charge on any atom is -0.393 e. The predicted molar refractivity (Wildman–Crippen MR) is 37.5 cm³/mol. The topological polar surface area (TPSA) is 40.5 Å². The Morgan fingerprint density at radius 3 is 2.30 bits per heavy atom. The van der Waals surface area contributed by atoms with E-state index in [-0.39, 0.29) is 18.1 Å². The summed E-state index contributed by atoms with van der Waals surface area (Å²) >= 11 is 0. The maximum absolute atomic E-state index is 9.41. The minimum absolute atomic E-state index is 0.194. The Morgan fingerprint density at radius 2 is 1.80 bits per heavy atom. The molecule has 4 atom stereocenters. The Hall–Kier alpha value is -0.0800. The van der Waals surface area contributed by atoms with E-state index in [4.69, 9.17) is 0 Å². The molecule has 2 rings (SSSR count). The van der Waals surface area contributed by atoms with Gasteiger partial charge in [-0.25, -0.2) is 0 Å². The van der Waals surface area contributed by atoms with Crippen molar-refractivity contribution in [1.29, 1.82) is 0 Å². The summed E-state index contributed by atoms with van der Waals surface area (Å²) in [6.45, 7) is 0. The van der Waals surface area contributed by atoms with Gasteiger partial charge in [-0.05, 0) is 25.2 Å². The molecule has 2 fully saturated rings. The summed E-state index contributed by atoms with van der Waals surface area (Å²) in [4.78, 5) is 0. The molecular weight excluding hydrogens is 128 g/mol. The number of aliphatic hydroxyl groups excluding tert-OH is 2. The van der Waals surface area contributed by atoms with Crippen molar-refractivity contribution in [3.8, 4) is 0 Å². The van der Waals surface area contributed by atoms with E-state index in [9.17, 15) is 10.2 Å². The maximum Gasteiger partial charge on any atom is 0.0598 e. The molecule has 0 aromatic carbocycles. The Morgan fingerprint density at radius 1 is 1.00 bits per heavy atom. The molecule has 10 heavy (non-hydrogen) atoms. The molecule has 1 unspecified atom stereocenters. The van der Waals surface area contributed by atoms with Crippen molar-refractivity contribution in [2.45, 2.75) is 37.9 Å². The molecule has 0 heterocycles. The molecule has 0 saturated heterocycles. The number of hydrogen-bond acceptors (Lipinski definition) is 2. The highest BCUT2D eigenvalue weighted by molar-refractivity contribution is 4.95. The van der Waals surface area contributed by atoms with Crippen LogP contribution in [0.5, 0.6) is 0 Å². The number of fused-ring (bicyclic) bond motifs is 1. The number of rotatable bonds is 0. The quantitative estimate of drug-likeness (QED) is 0.518. The van der Waals surface area contributed by atoms with Crippen LogP contribution in [-0.2, 0) is 0 Å². The van der Waals surface area contributed by atoms with Crippen molar-refractivity contribution < 1.29 is 10.2 Å². The Labute approximate surface area is 60.9 Å². The van der Waals surface area contributed by atoms with Crippen LogP contribution in [0, 0.1) is 11.8 Å². The molecule has 0 spiro atoms. The highest BCUT2D eigenvalue weighted by Gasteiger charge is 2.45. The van der Waals surface area contributed by atoms with E-state index in [1.54, 1.807) is 0 Å². The molecule has 0 amide bonds. The average molecular weight is 142 g/mol. The third-order valence-corrected chi connectivity index (χ3v) is 3.05. The van der Waals surface area contributed by atoms with E-state index < -0.39 is 0 Å². The predicted octanol–water partition coefficient (Wildman–Crippen LogP) is 0.528. The van der Waals surface area contributed by atoms with Gasteiger partial charge in [-0.1, -0.05) is 6.42 Å². The first-order valence-electron chi connectivity index (χ1n) is 4.15. The van der Waals surface area contributed by atoms with Crippen LogP contribution in [-0.4, -0.2) is 22.4 Å². The SMILES string of the molecule is O[C@H]1CCCC2C[C@H](O)[C@@H]21. The van der Waals surface area contributed by atoms with E-state index in [0.717, 1.165) is 19.3 Å². The van der Waals surface area contributed by atoms with Crippen LogP contribution < -0.4 is 0 Å². The summed E-state index contributed by atoms with van der Waals surface area (Å²) in [5, 5.41) is 18.7. The molecular formula is C8H14O2. The summed E-state index contributed by atoms with van der Waals surface area (Å²) in [5.41, 5.74) is 0. The lowest BCUT2D eigenvalue weighted by Gasteiger charge is -2.47. The average Bonchev–Trinajstić information content (AvgIpc) is 1.85. The first-order chi connectivity index (χ1) is 4.79. The van der Waals surface area contributed by atoms with Crippen molar-refractivity contribution in [2.75, 3.05) is 0 Å². The van der Waals surface area contributed by atoms with E-state index in [2.05, 4.69) is 0 Å². The van der Waals surface area contributed by atoms with Crippen LogP contribution in [0.1, 0.15) is 25.7 Å². The van der Waals surface area contributed by atoms with Crippen LogP contribution in [0.2, 0.25) is 0 Å². The summed E-state index contributed by atoms with van der Waals surface area (Å²) in [6, 6.07) is 0. The monoisotopic (exact) mass is 142 g/mol. The summed E-state index contributed by atoms with van der Waals surface area (Å²) in [7, 11) is 0. The van der Waals surface area contributed by atoms with Crippen molar-refractivity contribution in [3.05, 3.63) is 0 Å². The lowest BCUT2D eigenvalue weighted by Crippen LogP contribution is -2.50. The van der Waals surface area contributed by atoms with Gasteiger partial charge in [0, 0.05) is 5.92 Å². The molecule has 58 valence electrons. The van der Waals surface area contributed by atoms with Crippen LogP contribution in [0.4, 0.5) is 0 Å². The fourth-order valence-corrected chi connectivity index (χ4v) is 2.41. The van der Waals surface area contributed by atoms with Gasteiger partial charge in [0.1, 0.15) is 0 Å². The molecule has 2 N–H and O–H groups in total. The van der Waals surface area contributed by atoms with Gasteiger partial charge in [-0.2, -0.15) is 0 Å². The van der Waals surface area contributed by atoms with Gasteiger partial charge in [0.2, 0.25) is 0 Å². The van der Waals surface area contributed by atoms with Gasteiger partial charge in [-0.15, -0.1) is 0 Å². The molecule has 0 bridgehead atoms. The van der Waals surface area contributed by atoms with Gasteiger partial charge in [-0.3, -0.25) is 0 Å². The van der Waals surface area contributed by atoms with Crippen LogP contribution in [0.3, 0.4) is 0 Å². The molecule has 2 saturated carbocycles. The van der Waals surface area contributed by atoms with Gasteiger partial charge in [0.05, 0.1) is 12.2 Å². The molecule has 0 aromatic heterocycles. The van der Waals surface area contributed by atoms with Crippen LogP contribution >= 0.6 is 0 Å². The summed E-state index contributed by atoms with van der Waals surface area (Å²) < 4.78 is 0. The Kier molecular flexibility index (Phi) is 1.46. The largest absolute Gasteiger partial charge is 0.393 e. The van der Waals surface area contributed by atoms with Crippen molar-refractivity contribution in [3.63, 3.8) is 0 Å². The normalized spacial score (nSPS) is 53.4. The third-order valence-electron chi connectivity index (χ3n) is 3.05. The van der Waals surface area contributed by atoms with Gasteiger partial charge in [0.15, 0.2) is 0 Å². The molecule has 0 aromatic rings. The van der Waals surface area contributed by atoms with E-state index in [1.807, 2.05) is 0 Å². The van der Waals surface area contributed by atoms with E-state index in [1.165, 1.54) is 6.42 Å². The lowest BCUT2D eigenvalue weighted by atomic mass is 9.62. The second kappa shape index (κ2) is 2.21. The number of aliphatic hydroxyl groups is 2. The van der Waals surface area contributed by atoms with E-state index in [0.29, 0.717) is 5.92 Å². The first-order valence-corrected chi connectivity index (χ1v) is 4.15. The Balaban J connectivity index is 2.01. The molecule has 2 aliphatic carbocycles. The maximum atomic E-state index is 9.41. The van der Waals surface area contributed by atoms with Crippen LogP contribution in [0.15, 0.2) is 0 Å². The second-order valence-electron chi connectivity index (χ2n) is 3.64. The molecule has 2 heteroatoms. The summed E-state index contributed by atoms with van der Waals surface area (Å²) in [5.74, 6) is 0.868. The molecule has 0 radical (unpaired) electrons. The minimum atomic E-state index is -0.206. The standard InChI is InChI=1S/C8H14O2/c9-6-3-1-2-5-4-7(10)8(5)6/h5-10H,1-4H2/t5?,6-,7-,8-/m0/s1. The number of hydrogen-bond donors (Lipinski definition) is 2. The highest BCUT2D eigenvalue weighted by Crippen LogP contribution is 2.44. The van der Waals surface area contributed by atoms with Crippen LogP contribution in [0.25, 0.3) is 0 Å². The molecule has 0 aliphatic heterocycles. The zero-order chi connectivity index (χ0) is 7.14. The fourth-order valence-electron chi connectivity index (χ4n) is 2.41. The third kappa shape index (κ3) is 0.789.